The van der Waals surface area contributed by atoms with E-state index in [4.69, 9.17) is 5.73 Å². The molecule has 3 aromatic rings. The maximum absolute atomic E-state index is 12.7. The van der Waals surface area contributed by atoms with Crippen LogP contribution in [-0.4, -0.2) is 22.8 Å². The second kappa shape index (κ2) is 7.44. The largest absolute Gasteiger partial charge is 0.368 e. The lowest BCUT2D eigenvalue weighted by atomic mass is 10.0. The predicted molar refractivity (Wildman–Crippen MR) is 100 cm³/mol. The zero-order chi connectivity index (χ0) is 17.8. The molecule has 3 rings (SSSR count). The van der Waals surface area contributed by atoms with Crippen molar-refractivity contribution in [3.8, 4) is 0 Å². The van der Waals surface area contributed by atoms with Crippen LogP contribution in [0, 0.1) is 0 Å². The Bertz CT molecular complexity index is 937. The van der Waals surface area contributed by atoms with Crippen LogP contribution in [0.3, 0.4) is 0 Å². The maximum Gasteiger partial charge on any atom is 0.252 e. The molecular weight excluding hydrogens is 382 g/mol. The van der Waals surface area contributed by atoms with Gasteiger partial charge in [0.15, 0.2) is 0 Å². The average Bonchev–Trinajstić information content (AvgIpc) is 2.62. The number of primary amides is 1. The molecule has 1 heterocycles. The molecule has 0 saturated carbocycles. The zero-order valence-electron chi connectivity index (χ0n) is 13.3. The monoisotopic (exact) mass is 397 g/mol. The van der Waals surface area contributed by atoms with Crippen molar-refractivity contribution in [2.24, 2.45) is 5.73 Å². The number of hydrogen-bond donors (Lipinski definition) is 2. The minimum Gasteiger partial charge on any atom is -0.368 e. The van der Waals surface area contributed by atoms with E-state index in [2.05, 4.69) is 26.2 Å². The Morgan fingerprint density at radius 3 is 2.56 bits per heavy atom. The quantitative estimate of drug-likeness (QED) is 0.693. The summed E-state index contributed by atoms with van der Waals surface area (Å²) in [5, 5.41) is 3.47. The normalized spacial score (nSPS) is 11.9. The van der Waals surface area contributed by atoms with Gasteiger partial charge in [-0.15, -0.1) is 0 Å². The summed E-state index contributed by atoms with van der Waals surface area (Å²) >= 11 is 3.44. The number of hydrogen-bond acceptors (Lipinski definition) is 3. The van der Waals surface area contributed by atoms with Crippen LogP contribution >= 0.6 is 15.9 Å². The number of fused-ring (bicyclic) bond motifs is 1. The van der Waals surface area contributed by atoms with Crippen molar-refractivity contribution in [3.05, 3.63) is 76.4 Å². The lowest BCUT2D eigenvalue weighted by Gasteiger charge is -2.17. The van der Waals surface area contributed by atoms with Gasteiger partial charge in [0, 0.05) is 22.5 Å². The van der Waals surface area contributed by atoms with E-state index >= 15 is 0 Å². The third-order valence-corrected chi connectivity index (χ3v) is 4.70. The number of pyridine rings is 1. The third kappa shape index (κ3) is 3.85. The number of carbonyl (C=O) groups excluding carboxylic acids is 2. The van der Waals surface area contributed by atoms with Gasteiger partial charge in [0.1, 0.15) is 6.04 Å². The van der Waals surface area contributed by atoms with Crippen LogP contribution in [0.5, 0.6) is 0 Å². The molecule has 0 saturated heterocycles. The Hall–Kier alpha value is -2.73. The van der Waals surface area contributed by atoms with E-state index in [0.717, 1.165) is 20.9 Å². The highest BCUT2D eigenvalue weighted by Gasteiger charge is 2.21. The minimum absolute atomic E-state index is 0.311. The fraction of sp³-hybridized carbons (Fsp3) is 0.105. The number of nitrogens with one attached hydrogen (secondary N) is 1. The number of amides is 2. The highest BCUT2D eigenvalue weighted by molar-refractivity contribution is 9.10. The molecule has 0 aliphatic carbocycles. The van der Waals surface area contributed by atoms with E-state index in [1.54, 1.807) is 12.3 Å². The van der Waals surface area contributed by atoms with Crippen LogP contribution in [0.25, 0.3) is 10.9 Å². The molecule has 3 N–H and O–H groups in total. The van der Waals surface area contributed by atoms with Gasteiger partial charge in [0.25, 0.3) is 5.91 Å². The van der Waals surface area contributed by atoms with E-state index < -0.39 is 11.9 Å². The fourth-order valence-electron chi connectivity index (χ4n) is 2.64. The molecule has 1 aromatic heterocycles. The summed E-state index contributed by atoms with van der Waals surface area (Å²) in [4.78, 5) is 28.8. The first-order valence-electron chi connectivity index (χ1n) is 7.73. The van der Waals surface area contributed by atoms with Gasteiger partial charge in [-0.1, -0.05) is 52.3 Å². The van der Waals surface area contributed by atoms with Gasteiger partial charge in [-0.25, -0.2) is 0 Å². The van der Waals surface area contributed by atoms with Crippen LogP contribution in [0.4, 0.5) is 0 Å². The molecule has 0 fully saturated rings. The minimum atomic E-state index is -0.807. The van der Waals surface area contributed by atoms with Gasteiger partial charge in [-0.2, -0.15) is 0 Å². The van der Waals surface area contributed by atoms with Crippen LogP contribution in [0.2, 0.25) is 0 Å². The van der Waals surface area contributed by atoms with Crippen molar-refractivity contribution < 1.29 is 9.59 Å². The van der Waals surface area contributed by atoms with Gasteiger partial charge < -0.3 is 11.1 Å². The van der Waals surface area contributed by atoms with Crippen LogP contribution < -0.4 is 11.1 Å². The lowest BCUT2D eigenvalue weighted by Crippen LogP contribution is -2.46. The molecule has 0 bridgehead atoms. The number of para-hydroxylation sites is 1. The number of aromatic nitrogens is 1. The lowest BCUT2D eigenvalue weighted by molar-refractivity contribution is -0.119. The molecule has 25 heavy (non-hydrogen) atoms. The van der Waals surface area contributed by atoms with Crippen molar-refractivity contribution in [1.29, 1.82) is 0 Å². The first-order valence-corrected chi connectivity index (χ1v) is 8.53. The summed E-state index contributed by atoms with van der Waals surface area (Å²) in [6, 6.07) is 15.7. The molecule has 2 amide bonds. The summed E-state index contributed by atoms with van der Waals surface area (Å²) in [6.45, 7) is 0. The number of rotatable bonds is 5. The summed E-state index contributed by atoms with van der Waals surface area (Å²) < 4.78 is 0.866. The molecule has 5 nitrogen and oxygen atoms in total. The van der Waals surface area contributed by atoms with E-state index in [1.165, 1.54) is 0 Å². The van der Waals surface area contributed by atoms with Gasteiger partial charge in [-0.3, -0.25) is 14.6 Å². The predicted octanol–water partition coefficient (Wildman–Crippen LogP) is 2.82. The number of nitrogens with two attached hydrogens (primary N) is 1. The summed E-state index contributed by atoms with van der Waals surface area (Å²) in [6.07, 6.45) is 1.88. The number of carbonyl (C=O) groups is 2. The molecule has 126 valence electrons. The maximum atomic E-state index is 12.7. The van der Waals surface area contributed by atoms with Gasteiger partial charge in [0.05, 0.1) is 11.1 Å². The van der Waals surface area contributed by atoms with Crippen molar-refractivity contribution >= 4 is 38.6 Å². The molecule has 0 spiro atoms. The topological polar surface area (TPSA) is 85.1 Å². The molecule has 1 atom stereocenters. The van der Waals surface area contributed by atoms with E-state index in [-0.39, 0.29) is 5.91 Å². The van der Waals surface area contributed by atoms with Crippen LogP contribution in [0.1, 0.15) is 15.9 Å². The third-order valence-electron chi connectivity index (χ3n) is 3.92. The van der Waals surface area contributed by atoms with Crippen LogP contribution in [-0.2, 0) is 11.2 Å². The Morgan fingerprint density at radius 2 is 1.80 bits per heavy atom. The van der Waals surface area contributed by atoms with E-state index in [1.807, 2.05) is 48.5 Å². The Labute approximate surface area is 153 Å². The molecule has 2 aromatic carbocycles. The van der Waals surface area contributed by atoms with Gasteiger partial charge in [-0.05, 0) is 23.8 Å². The number of nitrogens with zero attached hydrogens (tertiary/aromatic N) is 1. The zero-order valence-corrected chi connectivity index (χ0v) is 14.9. The van der Waals surface area contributed by atoms with Crippen molar-refractivity contribution in [3.63, 3.8) is 0 Å². The van der Waals surface area contributed by atoms with Crippen molar-refractivity contribution in [2.75, 3.05) is 0 Å². The summed E-state index contributed by atoms with van der Waals surface area (Å²) in [5.41, 5.74) is 7.57. The summed E-state index contributed by atoms with van der Waals surface area (Å²) in [7, 11) is 0. The van der Waals surface area contributed by atoms with Gasteiger partial charge >= 0.3 is 0 Å². The molecular formula is C19H16BrN3O2. The van der Waals surface area contributed by atoms with Crippen molar-refractivity contribution in [1.82, 2.24) is 10.3 Å². The highest BCUT2D eigenvalue weighted by Crippen LogP contribution is 2.19. The molecule has 0 aliphatic heterocycles. The summed E-state index contributed by atoms with van der Waals surface area (Å²) in [5.74, 6) is -0.933. The van der Waals surface area contributed by atoms with Crippen molar-refractivity contribution in [2.45, 2.75) is 12.5 Å². The molecule has 0 unspecified atom stereocenters. The van der Waals surface area contributed by atoms with Crippen LogP contribution in [0.15, 0.2) is 65.3 Å². The average molecular weight is 398 g/mol. The Morgan fingerprint density at radius 1 is 1.08 bits per heavy atom. The Kier molecular flexibility index (Phi) is 5.09. The first-order chi connectivity index (χ1) is 12.1. The standard InChI is InChI=1S/C19H16BrN3O2/c20-15-7-3-1-5-12(15)11-17(18(21)24)23-19(25)14-9-10-22-16-8-4-2-6-13(14)16/h1-10,17H,11H2,(H2,21,24)(H,23,25)/t17-/m1/s1. The number of benzene rings is 2. The second-order valence-corrected chi connectivity index (χ2v) is 6.45. The molecule has 0 radical (unpaired) electrons. The molecule has 0 aliphatic rings. The Balaban J connectivity index is 1.86. The molecule has 6 heteroatoms. The van der Waals surface area contributed by atoms with E-state index in [9.17, 15) is 9.59 Å². The fourth-order valence-corrected chi connectivity index (χ4v) is 3.08. The first kappa shape index (κ1) is 17.1. The second-order valence-electron chi connectivity index (χ2n) is 5.60. The highest BCUT2D eigenvalue weighted by atomic mass is 79.9. The number of halogens is 1. The van der Waals surface area contributed by atoms with E-state index in [0.29, 0.717) is 12.0 Å². The van der Waals surface area contributed by atoms with Gasteiger partial charge in [0.2, 0.25) is 5.91 Å². The SMILES string of the molecule is NC(=O)[C@@H](Cc1ccccc1Br)NC(=O)c1ccnc2ccccc12. The smallest absolute Gasteiger partial charge is 0.252 e.